The van der Waals surface area contributed by atoms with Gasteiger partial charge < -0.3 is 4.57 Å². The number of nitrogens with zero attached hydrogens (tertiary/aromatic N) is 6. The van der Waals surface area contributed by atoms with Crippen LogP contribution in [0, 0.1) is 10.1 Å². The fourth-order valence-corrected chi connectivity index (χ4v) is 4.25. The zero-order valence-corrected chi connectivity index (χ0v) is 16.4. The Morgan fingerprint density at radius 1 is 1.07 bits per heavy atom. The Bertz CT molecular complexity index is 1110. The lowest BCUT2D eigenvalue weighted by Gasteiger charge is -2.06. The van der Waals surface area contributed by atoms with Gasteiger partial charge in [-0.15, -0.1) is 10.2 Å². The van der Waals surface area contributed by atoms with Gasteiger partial charge in [0.15, 0.2) is 21.1 Å². The molecule has 2 aromatic heterocycles. The molecule has 0 fully saturated rings. The highest BCUT2D eigenvalue weighted by molar-refractivity contribution is 8.00. The van der Waals surface area contributed by atoms with E-state index < -0.39 is 4.92 Å². The van der Waals surface area contributed by atoms with E-state index in [9.17, 15) is 10.1 Å². The number of nitro groups is 1. The number of hydrogen-bond donors (Lipinski definition) is 0. The molecule has 4 rings (SSSR count). The molecule has 0 aliphatic carbocycles. The minimum atomic E-state index is -0.421. The molecule has 0 aliphatic heterocycles. The lowest BCUT2D eigenvalue weighted by molar-refractivity contribution is -0.384. The summed E-state index contributed by atoms with van der Waals surface area (Å²) in [6, 6.07) is 16.1. The molecule has 8 nitrogen and oxygen atoms in total. The molecule has 0 saturated carbocycles. The smallest absolute Gasteiger partial charge is 0.269 e. The first-order valence-electron chi connectivity index (χ1n) is 8.40. The molecule has 140 valence electrons. The molecule has 0 unspecified atom stereocenters. The Balaban J connectivity index is 1.60. The average Bonchev–Trinajstić information content (AvgIpc) is 3.36. The van der Waals surface area contributed by atoms with Gasteiger partial charge in [0.1, 0.15) is 0 Å². The maximum atomic E-state index is 10.8. The van der Waals surface area contributed by atoms with E-state index in [2.05, 4.69) is 19.6 Å². The summed E-state index contributed by atoms with van der Waals surface area (Å²) in [5.41, 5.74) is 1.78. The predicted octanol–water partition coefficient (Wildman–Crippen LogP) is 4.54. The number of hydrogen-bond acceptors (Lipinski definition) is 8. The molecule has 4 aromatic rings. The van der Waals surface area contributed by atoms with Crippen molar-refractivity contribution >= 4 is 29.0 Å². The molecule has 0 atom stereocenters. The minimum absolute atomic E-state index is 0.0446. The fourth-order valence-electron chi connectivity index (χ4n) is 2.63. The van der Waals surface area contributed by atoms with E-state index in [1.807, 2.05) is 41.8 Å². The van der Waals surface area contributed by atoms with Gasteiger partial charge in [0, 0.05) is 29.8 Å². The van der Waals surface area contributed by atoms with Crippen molar-refractivity contribution in [1.82, 2.24) is 24.1 Å². The summed E-state index contributed by atoms with van der Waals surface area (Å²) in [5, 5.41) is 20.1. The summed E-state index contributed by atoms with van der Waals surface area (Å²) < 4.78 is 7.15. The molecule has 28 heavy (non-hydrogen) atoms. The lowest BCUT2D eigenvalue weighted by Crippen LogP contribution is -1.99. The van der Waals surface area contributed by atoms with Crippen LogP contribution in [-0.4, -0.2) is 29.0 Å². The van der Waals surface area contributed by atoms with Crippen molar-refractivity contribution in [2.24, 2.45) is 0 Å². The van der Waals surface area contributed by atoms with Crippen molar-refractivity contribution in [3.05, 3.63) is 64.7 Å². The topological polar surface area (TPSA) is 99.6 Å². The van der Waals surface area contributed by atoms with Crippen LogP contribution in [0.3, 0.4) is 0 Å². The summed E-state index contributed by atoms with van der Waals surface area (Å²) in [7, 11) is 0. The quantitative estimate of drug-likeness (QED) is 0.340. The Kier molecular flexibility index (Phi) is 5.13. The van der Waals surface area contributed by atoms with Gasteiger partial charge in [-0.05, 0) is 42.4 Å². The second-order valence-electron chi connectivity index (χ2n) is 5.71. The molecular weight excluding hydrogens is 396 g/mol. The summed E-state index contributed by atoms with van der Waals surface area (Å²) >= 11 is 2.72. The summed E-state index contributed by atoms with van der Waals surface area (Å²) in [6.07, 6.45) is 0. The van der Waals surface area contributed by atoms with Crippen LogP contribution in [0.2, 0.25) is 0 Å². The Labute approximate surface area is 168 Å². The summed E-state index contributed by atoms with van der Waals surface area (Å²) in [4.78, 5) is 15.0. The standard InChI is InChI=1S/C18H14N6O2S2/c1-2-23-16(13-8-10-14(11-9-13)24(25)26)20-21-17(23)27-18-19-15(22-28-18)12-6-4-3-5-7-12/h3-11H,2H2,1H3. The van der Waals surface area contributed by atoms with Gasteiger partial charge in [0.25, 0.3) is 5.69 Å². The molecule has 0 N–H and O–H groups in total. The third-order valence-corrected chi connectivity index (χ3v) is 5.72. The molecule has 0 aliphatic rings. The van der Waals surface area contributed by atoms with E-state index in [0.29, 0.717) is 23.4 Å². The second-order valence-corrected chi connectivity index (χ2v) is 7.67. The first kappa shape index (κ1) is 18.3. The van der Waals surface area contributed by atoms with Crippen molar-refractivity contribution in [3.63, 3.8) is 0 Å². The number of nitro benzene ring substituents is 1. The summed E-state index contributed by atoms with van der Waals surface area (Å²) in [6.45, 7) is 2.66. The number of non-ortho nitro benzene ring substituents is 1. The number of rotatable bonds is 6. The minimum Gasteiger partial charge on any atom is -0.302 e. The maximum Gasteiger partial charge on any atom is 0.269 e. The zero-order chi connectivity index (χ0) is 19.5. The molecule has 0 bridgehead atoms. The first-order chi connectivity index (χ1) is 13.7. The van der Waals surface area contributed by atoms with Crippen molar-refractivity contribution in [2.45, 2.75) is 23.0 Å². The van der Waals surface area contributed by atoms with E-state index >= 15 is 0 Å². The third kappa shape index (κ3) is 3.64. The Morgan fingerprint density at radius 2 is 1.82 bits per heavy atom. The van der Waals surface area contributed by atoms with Gasteiger partial charge in [-0.2, -0.15) is 4.37 Å². The summed E-state index contributed by atoms with van der Waals surface area (Å²) in [5.74, 6) is 1.35. The van der Waals surface area contributed by atoms with E-state index in [1.165, 1.54) is 35.4 Å². The van der Waals surface area contributed by atoms with Crippen LogP contribution in [-0.2, 0) is 6.54 Å². The zero-order valence-electron chi connectivity index (χ0n) is 14.7. The molecule has 2 heterocycles. The van der Waals surface area contributed by atoms with Crippen molar-refractivity contribution < 1.29 is 4.92 Å². The molecular formula is C18H14N6O2S2. The molecule has 10 heteroatoms. The maximum absolute atomic E-state index is 10.8. The van der Waals surface area contributed by atoms with E-state index in [-0.39, 0.29) is 5.69 Å². The average molecular weight is 410 g/mol. The van der Waals surface area contributed by atoms with Gasteiger partial charge in [0.2, 0.25) is 0 Å². The van der Waals surface area contributed by atoms with Crippen molar-refractivity contribution in [3.8, 4) is 22.8 Å². The fraction of sp³-hybridized carbons (Fsp3) is 0.111. The molecule has 0 radical (unpaired) electrons. The van der Waals surface area contributed by atoms with Crippen LogP contribution in [0.25, 0.3) is 22.8 Å². The lowest BCUT2D eigenvalue weighted by atomic mass is 10.2. The van der Waals surface area contributed by atoms with E-state index in [1.54, 1.807) is 12.1 Å². The predicted molar refractivity (Wildman–Crippen MR) is 107 cm³/mol. The molecule has 0 spiro atoms. The van der Waals surface area contributed by atoms with Crippen LogP contribution >= 0.6 is 23.3 Å². The second kappa shape index (κ2) is 7.87. The van der Waals surface area contributed by atoms with E-state index in [0.717, 1.165) is 15.5 Å². The van der Waals surface area contributed by atoms with Gasteiger partial charge in [-0.3, -0.25) is 10.1 Å². The highest BCUT2D eigenvalue weighted by Gasteiger charge is 2.17. The SMILES string of the molecule is CCn1c(Sc2nc(-c3ccccc3)ns2)nnc1-c1ccc([N+](=O)[O-])cc1. The highest BCUT2D eigenvalue weighted by Crippen LogP contribution is 2.32. The molecule has 0 amide bonds. The van der Waals surface area contributed by atoms with Crippen LogP contribution in [0.1, 0.15) is 6.92 Å². The Hall–Kier alpha value is -3.11. The van der Waals surface area contributed by atoms with Gasteiger partial charge >= 0.3 is 0 Å². The van der Waals surface area contributed by atoms with E-state index in [4.69, 9.17) is 0 Å². The Morgan fingerprint density at radius 3 is 2.50 bits per heavy atom. The van der Waals surface area contributed by atoms with Gasteiger partial charge in [0.05, 0.1) is 4.92 Å². The van der Waals surface area contributed by atoms with Crippen LogP contribution in [0.5, 0.6) is 0 Å². The number of aromatic nitrogens is 5. The van der Waals surface area contributed by atoms with Crippen molar-refractivity contribution in [1.29, 1.82) is 0 Å². The van der Waals surface area contributed by atoms with Crippen LogP contribution in [0.4, 0.5) is 5.69 Å². The largest absolute Gasteiger partial charge is 0.302 e. The molecule has 2 aromatic carbocycles. The van der Waals surface area contributed by atoms with Crippen molar-refractivity contribution in [2.75, 3.05) is 0 Å². The monoisotopic (exact) mass is 410 g/mol. The van der Waals surface area contributed by atoms with Gasteiger partial charge in [-0.1, -0.05) is 30.3 Å². The van der Waals surface area contributed by atoms with Crippen LogP contribution < -0.4 is 0 Å². The number of benzene rings is 2. The van der Waals surface area contributed by atoms with Crippen LogP contribution in [0.15, 0.2) is 64.1 Å². The van der Waals surface area contributed by atoms with Gasteiger partial charge in [-0.25, -0.2) is 4.98 Å². The highest BCUT2D eigenvalue weighted by atomic mass is 32.2. The first-order valence-corrected chi connectivity index (χ1v) is 9.99. The normalized spacial score (nSPS) is 10.9. The third-order valence-electron chi connectivity index (χ3n) is 3.99. The molecule has 0 saturated heterocycles.